The average Bonchev–Trinajstić information content (AvgIpc) is 3.50. The number of methoxy groups -OCH3 is 2. The lowest BCUT2D eigenvalue weighted by Gasteiger charge is -2.11. The first-order valence-electron chi connectivity index (χ1n) is 11.7. The number of amides is 2. The van der Waals surface area contributed by atoms with Crippen LogP contribution in [0.2, 0.25) is 0 Å². The van der Waals surface area contributed by atoms with Crippen molar-refractivity contribution in [3.8, 4) is 22.6 Å². The van der Waals surface area contributed by atoms with E-state index in [9.17, 15) is 9.59 Å². The van der Waals surface area contributed by atoms with Crippen molar-refractivity contribution in [2.75, 3.05) is 19.2 Å². The molecule has 0 saturated heterocycles. The minimum Gasteiger partial charge on any atom is -0.496 e. The van der Waals surface area contributed by atoms with Gasteiger partial charge in [-0.2, -0.15) is 10.1 Å². The van der Waals surface area contributed by atoms with Gasteiger partial charge in [-0.3, -0.25) is 9.59 Å². The molecule has 0 spiro atoms. The van der Waals surface area contributed by atoms with Crippen molar-refractivity contribution >= 4 is 39.9 Å². The zero-order valence-corrected chi connectivity index (χ0v) is 20.6. The lowest BCUT2D eigenvalue weighted by Crippen LogP contribution is -2.28. The molecule has 186 valence electrons. The van der Waals surface area contributed by atoms with Crippen LogP contribution in [0.15, 0.2) is 88.6 Å². The number of fused-ring (bicyclic) bond motifs is 1. The average molecular weight is 496 g/mol. The number of ether oxygens (including phenoxy) is 2. The summed E-state index contributed by atoms with van der Waals surface area (Å²) in [5, 5.41) is 9.16. The Morgan fingerprint density at radius 1 is 1.00 bits per heavy atom. The van der Waals surface area contributed by atoms with Crippen LogP contribution in [-0.2, 0) is 9.59 Å². The topological polar surface area (TPSA) is 93.4 Å². The van der Waals surface area contributed by atoms with Crippen LogP contribution in [0.25, 0.3) is 27.7 Å². The molecule has 2 heterocycles. The maximum absolute atomic E-state index is 12.8. The molecule has 5 rings (SSSR count). The number of amidine groups is 1. The lowest BCUT2D eigenvalue weighted by atomic mass is 9.98. The van der Waals surface area contributed by atoms with Gasteiger partial charge in [0.05, 0.1) is 32.6 Å². The second kappa shape index (κ2) is 10.0. The number of furan rings is 1. The molecule has 0 atom stereocenters. The van der Waals surface area contributed by atoms with Crippen LogP contribution < -0.4 is 19.8 Å². The smallest absolute Gasteiger partial charge is 0.255 e. The summed E-state index contributed by atoms with van der Waals surface area (Å²) < 4.78 is 16.9. The molecule has 1 aromatic heterocycles. The normalized spacial score (nSPS) is 13.6. The van der Waals surface area contributed by atoms with E-state index < -0.39 is 5.91 Å². The van der Waals surface area contributed by atoms with Gasteiger partial charge >= 0.3 is 0 Å². The van der Waals surface area contributed by atoms with E-state index in [1.807, 2.05) is 55.5 Å². The van der Waals surface area contributed by atoms with Crippen LogP contribution >= 0.6 is 0 Å². The number of nitrogens with one attached hydrogen (secondary N) is 1. The number of rotatable bonds is 6. The lowest BCUT2D eigenvalue weighted by molar-refractivity contribution is -0.116. The fraction of sp³-hybridized carbons (Fsp3) is 0.138. The van der Waals surface area contributed by atoms with E-state index in [1.54, 1.807) is 38.7 Å². The molecular weight excluding hydrogens is 470 g/mol. The standard InChI is InChI=1S/C29H25N3O5/c1-18(13-28(33)30-27-16-29(34)32(31-27)19-9-5-4-6-10-19)21-14-22-23(17-37-26(22)15-25(21)36-3)20-11-7-8-12-24(20)35-2/h4-15,17H,16H2,1-3H3,(H,30,31,33)/b18-13+. The van der Waals surface area contributed by atoms with Crippen LogP contribution in [0.3, 0.4) is 0 Å². The summed E-state index contributed by atoms with van der Waals surface area (Å²) in [5.74, 6) is 0.985. The number of carbonyl (C=O) groups excluding carboxylic acids is 2. The van der Waals surface area contributed by atoms with E-state index in [0.29, 0.717) is 28.4 Å². The van der Waals surface area contributed by atoms with E-state index >= 15 is 0 Å². The molecule has 4 aromatic rings. The van der Waals surface area contributed by atoms with Gasteiger partial charge in [-0.1, -0.05) is 36.4 Å². The molecule has 0 aliphatic carbocycles. The number of allylic oxidation sites excluding steroid dienone is 1. The molecule has 0 fully saturated rings. The molecule has 0 radical (unpaired) electrons. The SMILES string of the molecule is COc1cc2occ(-c3ccccc3OC)c2cc1/C(C)=C/C(=O)NC1=NN(c2ccccc2)C(=O)C1. The van der Waals surface area contributed by atoms with Gasteiger partial charge in [0.25, 0.3) is 5.91 Å². The van der Waals surface area contributed by atoms with Crippen molar-refractivity contribution in [1.82, 2.24) is 5.32 Å². The minimum absolute atomic E-state index is 0.0140. The van der Waals surface area contributed by atoms with Crippen molar-refractivity contribution in [3.63, 3.8) is 0 Å². The number of para-hydroxylation sites is 2. The van der Waals surface area contributed by atoms with Crippen molar-refractivity contribution in [3.05, 3.63) is 84.6 Å². The van der Waals surface area contributed by atoms with Crippen molar-refractivity contribution < 1.29 is 23.5 Å². The van der Waals surface area contributed by atoms with Gasteiger partial charge in [0.2, 0.25) is 5.91 Å². The van der Waals surface area contributed by atoms with E-state index in [0.717, 1.165) is 27.8 Å². The number of hydrogen-bond donors (Lipinski definition) is 1. The first kappa shape index (κ1) is 23.9. The highest BCUT2D eigenvalue weighted by Crippen LogP contribution is 2.40. The predicted octanol–water partition coefficient (Wildman–Crippen LogP) is 5.39. The Morgan fingerprint density at radius 2 is 1.73 bits per heavy atom. The van der Waals surface area contributed by atoms with Gasteiger partial charge in [-0.25, -0.2) is 0 Å². The maximum Gasteiger partial charge on any atom is 0.255 e. The van der Waals surface area contributed by atoms with Gasteiger partial charge in [0.15, 0.2) is 0 Å². The van der Waals surface area contributed by atoms with Gasteiger partial charge < -0.3 is 19.2 Å². The summed E-state index contributed by atoms with van der Waals surface area (Å²) in [6.45, 7) is 1.82. The van der Waals surface area contributed by atoms with Crippen LogP contribution in [-0.4, -0.2) is 31.9 Å². The molecule has 0 bridgehead atoms. The quantitative estimate of drug-likeness (QED) is 0.362. The number of hydrogen-bond acceptors (Lipinski definition) is 6. The molecule has 0 saturated carbocycles. The Kier molecular flexibility index (Phi) is 6.47. The van der Waals surface area contributed by atoms with Crippen molar-refractivity contribution in [2.24, 2.45) is 5.10 Å². The second-order valence-corrected chi connectivity index (χ2v) is 8.48. The Balaban J connectivity index is 1.44. The largest absolute Gasteiger partial charge is 0.496 e. The van der Waals surface area contributed by atoms with E-state index in [-0.39, 0.29) is 12.3 Å². The Labute approximate surface area is 213 Å². The number of carbonyl (C=O) groups is 2. The molecule has 1 aliphatic heterocycles. The molecule has 0 unspecified atom stereocenters. The third-order valence-electron chi connectivity index (χ3n) is 6.11. The summed E-state index contributed by atoms with van der Waals surface area (Å²) in [4.78, 5) is 25.2. The monoisotopic (exact) mass is 495 g/mol. The number of hydrazone groups is 1. The molecule has 1 aliphatic rings. The van der Waals surface area contributed by atoms with E-state index in [4.69, 9.17) is 13.9 Å². The number of anilines is 1. The highest BCUT2D eigenvalue weighted by molar-refractivity contribution is 6.17. The molecule has 3 aromatic carbocycles. The van der Waals surface area contributed by atoms with Crippen LogP contribution in [0.4, 0.5) is 5.69 Å². The zero-order chi connectivity index (χ0) is 25.9. The van der Waals surface area contributed by atoms with Crippen LogP contribution in [0.5, 0.6) is 11.5 Å². The first-order chi connectivity index (χ1) is 18.0. The van der Waals surface area contributed by atoms with E-state index in [1.165, 1.54) is 11.1 Å². The first-order valence-corrected chi connectivity index (χ1v) is 11.7. The number of benzene rings is 3. The zero-order valence-electron chi connectivity index (χ0n) is 20.6. The fourth-order valence-electron chi connectivity index (χ4n) is 4.33. The highest BCUT2D eigenvalue weighted by Gasteiger charge is 2.26. The van der Waals surface area contributed by atoms with Gasteiger partial charge in [0.1, 0.15) is 22.9 Å². The van der Waals surface area contributed by atoms with E-state index in [2.05, 4.69) is 10.4 Å². The molecule has 1 N–H and O–H groups in total. The summed E-state index contributed by atoms with van der Waals surface area (Å²) >= 11 is 0. The number of nitrogens with zero attached hydrogens (tertiary/aromatic N) is 2. The summed E-state index contributed by atoms with van der Waals surface area (Å²) in [6, 6.07) is 20.5. The Morgan fingerprint density at radius 3 is 2.49 bits per heavy atom. The molecule has 8 nitrogen and oxygen atoms in total. The summed E-state index contributed by atoms with van der Waals surface area (Å²) in [6.07, 6.45) is 3.16. The predicted molar refractivity (Wildman–Crippen MR) is 143 cm³/mol. The van der Waals surface area contributed by atoms with Gasteiger partial charge in [-0.15, -0.1) is 0 Å². The third kappa shape index (κ3) is 4.69. The third-order valence-corrected chi connectivity index (χ3v) is 6.11. The molecule has 37 heavy (non-hydrogen) atoms. The maximum atomic E-state index is 12.8. The minimum atomic E-state index is -0.391. The fourth-order valence-corrected chi connectivity index (χ4v) is 4.33. The van der Waals surface area contributed by atoms with Crippen molar-refractivity contribution in [1.29, 1.82) is 0 Å². The summed E-state index contributed by atoms with van der Waals surface area (Å²) in [5.41, 5.74) is 4.47. The molecular formula is C29H25N3O5. The summed E-state index contributed by atoms with van der Waals surface area (Å²) in [7, 11) is 3.20. The molecule has 2 amide bonds. The Hall–Kier alpha value is -4.85. The van der Waals surface area contributed by atoms with Crippen LogP contribution in [0.1, 0.15) is 18.9 Å². The van der Waals surface area contributed by atoms with Crippen LogP contribution in [0, 0.1) is 0 Å². The molecule has 8 heteroatoms. The van der Waals surface area contributed by atoms with Gasteiger partial charge in [-0.05, 0) is 36.8 Å². The highest BCUT2D eigenvalue weighted by atomic mass is 16.5. The Bertz CT molecular complexity index is 1550. The van der Waals surface area contributed by atoms with Gasteiger partial charge in [0, 0.05) is 34.2 Å². The van der Waals surface area contributed by atoms with Crippen molar-refractivity contribution in [2.45, 2.75) is 13.3 Å². The second-order valence-electron chi connectivity index (χ2n) is 8.48.